The molecule has 1 heterocycles. The van der Waals surface area contributed by atoms with Gasteiger partial charge in [-0.3, -0.25) is 0 Å². The average molecular weight is 293 g/mol. The predicted molar refractivity (Wildman–Crippen MR) is 85.6 cm³/mol. The molecule has 3 nitrogen and oxygen atoms in total. The van der Waals surface area contributed by atoms with Crippen molar-refractivity contribution in [1.29, 1.82) is 5.26 Å². The number of halogens is 1. The second-order valence-corrected chi connectivity index (χ2v) is 5.39. The van der Waals surface area contributed by atoms with Crippen molar-refractivity contribution in [1.82, 2.24) is 4.57 Å². The van der Waals surface area contributed by atoms with Crippen molar-refractivity contribution in [2.24, 2.45) is 12.8 Å². The Balaban J connectivity index is 2.03. The summed E-state index contributed by atoms with van der Waals surface area (Å²) in [4.78, 5) is 0. The van der Waals surface area contributed by atoms with Crippen molar-refractivity contribution in [3.05, 3.63) is 59.9 Å². The Hall–Kier alpha value is -2.64. The average Bonchev–Trinajstić information content (AvgIpc) is 2.86. The first-order valence-corrected chi connectivity index (χ1v) is 7.08. The van der Waals surface area contributed by atoms with Crippen LogP contribution in [0.2, 0.25) is 0 Å². The van der Waals surface area contributed by atoms with Crippen molar-refractivity contribution in [2.75, 3.05) is 0 Å². The summed E-state index contributed by atoms with van der Waals surface area (Å²) in [5, 5.41) is 9.86. The normalized spacial score (nSPS) is 12.3. The summed E-state index contributed by atoms with van der Waals surface area (Å²) >= 11 is 0. The summed E-state index contributed by atoms with van der Waals surface area (Å²) in [6.07, 6.45) is 0.220. The van der Waals surface area contributed by atoms with Gasteiger partial charge < -0.3 is 10.3 Å². The molecule has 0 fully saturated rings. The van der Waals surface area contributed by atoms with Crippen LogP contribution in [-0.4, -0.2) is 10.6 Å². The van der Waals surface area contributed by atoms with Crippen LogP contribution in [0.25, 0.3) is 22.2 Å². The van der Waals surface area contributed by atoms with E-state index in [2.05, 4.69) is 0 Å². The number of nitrogens with zero attached hydrogens (tertiary/aromatic N) is 2. The molecule has 4 heteroatoms. The van der Waals surface area contributed by atoms with E-state index in [-0.39, 0.29) is 12.2 Å². The van der Waals surface area contributed by atoms with Crippen molar-refractivity contribution in [3.8, 4) is 17.3 Å². The molecule has 0 aliphatic carbocycles. The van der Waals surface area contributed by atoms with Gasteiger partial charge in [-0.25, -0.2) is 4.39 Å². The van der Waals surface area contributed by atoms with E-state index >= 15 is 0 Å². The molecular formula is C18H16FN3. The molecule has 0 amide bonds. The lowest BCUT2D eigenvalue weighted by molar-refractivity contribution is 0.604. The van der Waals surface area contributed by atoms with Crippen LogP contribution in [0.1, 0.15) is 5.56 Å². The third-order valence-electron chi connectivity index (χ3n) is 3.91. The number of fused-ring (bicyclic) bond motifs is 1. The van der Waals surface area contributed by atoms with Gasteiger partial charge in [-0.1, -0.05) is 30.3 Å². The Morgan fingerprint density at radius 1 is 1.23 bits per heavy atom. The molecule has 1 aromatic heterocycles. The molecule has 3 aromatic rings. The number of aromatic nitrogens is 1. The highest BCUT2D eigenvalue weighted by Gasteiger charge is 2.12. The molecule has 0 radical (unpaired) electrons. The zero-order valence-corrected chi connectivity index (χ0v) is 12.3. The summed E-state index contributed by atoms with van der Waals surface area (Å²) in [5.41, 5.74) is 8.91. The van der Waals surface area contributed by atoms with Crippen LogP contribution in [0.5, 0.6) is 0 Å². The maximum atomic E-state index is 14.2. The zero-order valence-electron chi connectivity index (χ0n) is 12.3. The minimum atomic E-state index is -0.682. The van der Waals surface area contributed by atoms with Crippen LogP contribution >= 0.6 is 0 Å². The SMILES string of the molecule is Cn1c(-c2ccc(C[C@H](N)C#N)c(F)c2)cc2ccccc21. The van der Waals surface area contributed by atoms with Crippen molar-refractivity contribution >= 4 is 10.9 Å². The first kappa shape index (κ1) is 14.3. The van der Waals surface area contributed by atoms with Crippen molar-refractivity contribution < 1.29 is 4.39 Å². The summed E-state index contributed by atoms with van der Waals surface area (Å²) < 4.78 is 16.3. The van der Waals surface area contributed by atoms with Gasteiger partial charge in [0.05, 0.1) is 12.1 Å². The van der Waals surface area contributed by atoms with Crippen LogP contribution in [0, 0.1) is 17.1 Å². The van der Waals surface area contributed by atoms with Crippen LogP contribution < -0.4 is 5.73 Å². The predicted octanol–water partition coefficient (Wildman–Crippen LogP) is 3.38. The van der Waals surface area contributed by atoms with Crippen LogP contribution in [0.4, 0.5) is 4.39 Å². The van der Waals surface area contributed by atoms with Gasteiger partial charge in [-0.05, 0) is 23.8 Å². The van der Waals surface area contributed by atoms with E-state index in [9.17, 15) is 4.39 Å². The van der Waals surface area contributed by atoms with E-state index in [1.165, 1.54) is 6.07 Å². The molecule has 0 unspecified atom stereocenters. The molecule has 110 valence electrons. The lowest BCUT2D eigenvalue weighted by Gasteiger charge is -2.08. The van der Waals surface area contributed by atoms with E-state index in [1.54, 1.807) is 6.07 Å². The molecule has 2 aromatic carbocycles. The van der Waals surface area contributed by atoms with Crippen LogP contribution in [-0.2, 0) is 13.5 Å². The third-order valence-corrected chi connectivity index (χ3v) is 3.91. The summed E-state index contributed by atoms with van der Waals surface area (Å²) in [5.74, 6) is -0.326. The largest absolute Gasteiger partial charge is 0.344 e. The number of para-hydroxylation sites is 1. The smallest absolute Gasteiger partial charge is 0.127 e. The van der Waals surface area contributed by atoms with E-state index in [0.29, 0.717) is 5.56 Å². The van der Waals surface area contributed by atoms with Gasteiger partial charge in [0, 0.05) is 35.6 Å². The molecule has 1 atom stereocenters. The Morgan fingerprint density at radius 3 is 2.68 bits per heavy atom. The quantitative estimate of drug-likeness (QED) is 0.805. The van der Waals surface area contributed by atoms with Crippen molar-refractivity contribution in [2.45, 2.75) is 12.5 Å². The molecule has 0 spiro atoms. The molecule has 0 bridgehead atoms. The van der Waals surface area contributed by atoms with Gasteiger partial charge in [0.15, 0.2) is 0 Å². The Morgan fingerprint density at radius 2 is 2.00 bits per heavy atom. The fourth-order valence-corrected chi connectivity index (χ4v) is 2.72. The zero-order chi connectivity index (χ0) is 15.7. The number of nitrogens with two attached hydrogens (primary N) is 1. The van der Waals surface area contributed by atoms with E-state index in [4.69, 9.17) is 11.0 Å². The molecule has 0 aliphatic heterocycles. The number of hydrogen-bond acceptors (Lipinski definition) is 2. The molecule has 2 N–H and O–H groups in total. The number of benzene rings is 2. The minimum absolute atomic E-state index is 0.220. The first-order chi connectivity index (χ1) is 10.6. The highest BCUT2D eigenvalue weighted by Crippen LogP contribution is 2.28. The lowest BCUT2D eigenvalue weighted by Crippen LogP contribution is -2.20. The second-order valence-electron chi connectivity index (χ2n) is 5.39. The third kappa shape index (κ3) is 2.47. The molecular weight excluding hydrogens is 277 g/mol. The topological polar surface area (TPSA) is 54.7 Å². The number of hydrogen-bond donors (Lipinski definition) is 1. The van der Waals surface area contributed by atoms with Gasteiger partial charge in [0.2, 0.25) is 0 Å². The van der Waals surface area contributed by atoms with Crippen LogP contribution in [0.3, 0.4) is 0 Å². The summed E-state index contributed by atoms with van der Waals surface area (Å²) in [7, 11) is 1.97. The van der Waals surface area contributed by atoms with E-state index in [1.807, 2.05) is 54.1 Å². The van der Waals surface area contributed by atoms with E-state index < -0.39 is 6.04 Å². The van der Waals surface area contributed by atoms with Crippen molar-refractivity contribution in [3.63, 3.8) is 0 Å². The van der Waals surface area contributed by atoms with Crippen LogP contribution in [0.15, 0.2) is 48.5 Å². The number of aryl methyl sites for hydroxylation is 1. The van der Waals surface area contributed by atoms with Gasteiger partial charge in [-0.2, -0.15) is 5.26 Å². The fourth-order valence-electron chi connectivity index (χ4n) is 2.72. The molecule has 0 aliphatic rings. The summed E-state index contributed by atoms with van der Waals surface area (Å²) in [6.45, 7) is 0. The maximum Gasteiger partial charge on any atom is 0.127 e. The maximum absolute atomic E-state index is 14.2. The van der Waals surface area contributed by atoms with Gasteiger partial charge >= 0.3 is 0 Å². The standard InChI is InChI=1S/C18H16FN3/c1-22-17-5-3-2-4-13(17)10-18(22)14-7-6-12(16(19)9-14)8-15(21)11-20/h2-7,9-10,15H,8,21H2,1H3/t15-/m0/s1. The Kier molecular flexibility index (Phi) is 3.66. The van der Waals surface area contributed by atoms with E-state index in [0.717, 1.165) is 22.2 Å². The van der Waals surface area contributed by atoms with Gasteiger partial charge in [-0.15, -0.1) is 0 Å². The lowest BCUT2D eigenvalue weighted by atomic mass is 10.0. The molecule has 0 saturated carbocycles. The van der Waals surface area contributed by atoms with Gasteiger partial charge in [0.25, 0.3) is 0 Å². The highest BCUT2D eigenvalue weighted by molar-refractivity contribution is 5.86. The number of rotatable bonds is 3. The highest BCUT2D eigenvalue weighted by atomic mass is 19.1. The monoisotopic (exact) mass is 293 g/mol. The summed E-state index contributed by atoms with van der Waals surface area (Å²) in [6, 6.07) is 16.4. The Bertz CT molecular complexity index is 874. The number of nitriles is 1. The molecule has 3 rings (SSSR count). The first-order valence-electron chi connectivity index (χ1n) is 7.08. The fraction of sp³-hybridized carbons (Fsp3) is 0.167. The molecule has 0 saturated heterocycles. The Labute approximate surface area is 128 Å². The molecule has 22 heavy (non-hydrogen) atoms. The minimum Gasteiger partial charge on any atom is -0.344 e. The second kappa shape index (κ2) is 5.63. The van der Waals surface area contributed by atoms with Gasteiger partial charge in [0.1, 0.15) is 5.82 Å².